The van der Waals surface area contributed by atoms with Crippen molar-refractivity contribution in [3.63, 3.8) is 0 Å². The molecule has 5 nitrogen and oxygen atoms in total. The Balaban J connectivity index is 1.66. The molecule has 0 spiro atoms. The van der Waals surface area contributed by atoms with Gasteiger partial charge in [-0.25, -0.2) is 4.39 Å². The Labute approximate surface area is 161 Å². The molecule has 2 aromatic heterocycles. The molecule has 0 saturated carbocycles. The zero-order valence-corrected chi connectivity index (χ0v) is 15.0. The van der Waals surface area contributed by atoms with E-state index in [4.69, 9.17) is 4.74 Å². The minimum absolute atomic E-state index is 0.0547. The summed E-state index contributed by atoms with van der Waals surface area (Å²) in [6.07, 6.45) is -4.68. The first-order valence-corrected chi connectivity index (χ1v) is 8.83. The second kappa shape index (κ2) is 8.34. The molecule has 0 radical (unpaired) electrons. The highest BCUT2D eigenvalue weighted by Crippen LogP contribution is 2.32. The van der Waals surface area contributed by atoms with Crippen LogP contribution in [0.15, 0.2) is 47.8 Å². The van der Waals surface area contributed by atoms with E-state index in [1.165, 1.54) is 35.6 Å². The fourth-order valence-electron chi connectivity index (χ4n) is 2.17. The number of hydrogen-bond donors (Lipinski definition) is 1. The maximum absolute atomic E-state index is 13.1. The van der Waals surface area contributed by atoms with Crippen LogP contribution in [0.1, 0.15) is 11.3 Å². The highest BCUT2D eigenvalue weighted by Gasteiger charge is 2.34. The van der Waals surface area contributed by atoms with Gasteiger partial charge in [0.25, 0.3) is 5.91 Å². The highest BCUT2D eigenvalue weighted by atomic mass is 32.1. The summed E-state index contributed by atoms with van der Waals surface area (Å²) in [5.74, 6) is -0.982. The number of thiophene rings is 1. The first-order valence-electron chi connectivity index (χ1n) is 7.95. The van der Waals surface area contributed by atoms with Crippen molar-refractivity contribution in [3.05, 3.63) is 64.9 Å². The summed E-state index contributed by atoms with van der Waals surface area (Å²) in [4.78, 5) is 19.7. The monoisotopic (exact) mass is 411 g/mol. The highest BCUT2D eigenvalue weighted by molar-refractivity contribution is 7.13. The maximum Gasteiger partial charge on any atom is 0.433 e. The van der Waals surface area contributed by atoms with Gasteiger partial charge in [-0.1, -0.05) is 18.2 Å². The van der Waals surface area contributed by atoms with Crippen molar-refractivity contribution in [3.8, 4) is 16.6 Å². The summed E-state index contributed by atoms with van der Waals surface area (Å²) in [7, 11) is 0. The number of carbonyl (C=O) groups excluding carboxylic acids is 1. The van der Waals surface area contributed by atoms with Crippen LogP contribution in [0.4, 0.5) is 17.6 Å². The molecular weight excluding hydrogens is 398 g/mol. The SMILES string of the molecule is O=C(COc1nc(-c2cccs2)cc(C(F)(F)F)n1)NCc1ccc(F)cc1. The lowest BCUT2D eigenvalue weighted by Crippen LogP contribution is -2.28. The molecule has 1 N–H and O–H groups in total. The number of hydrogen-bond acceptors (Lipinski definition) is 5. The third-order valence-corrected chi connectivity index (χ3v) is 4.40. The Hall–Kier alpha value is -3.01. The van der Waals surface area contributed by atoms with Gasteiger partial charge in [0, 0.05) is 6.54 Å². The van der Waals surface area contributed by atoms with E-state index in [0.29, 0.717) is 10.4 Å². The van der Waals surface area contributed by atoms with Gasteiger partial charge in [0.1, 0.15) is 5.82 Å². The summed E-state index contributed by atoms with van der Waals surface area (Å²) in [5, 5.41) is 4.22. The molecule has 3 aromatic rings. The topological polar surface area (TPSA) is 64.1 Å². The number of halogens is 4. The lowest BCUT2D eigenvalue weighted by molar-refractivity contribution is -0.141. The average molecular weight is 411 g/mol. The van der Waals surface area contributed by atoms with Gasteiger partial charge in [0.15, 0.2) is 12.3 Å². The second-order valence-electron chi connectivity index (χ2n) is 5.59. The molecule has 0 aliphatic carbocycles. The molecule has 0 atom stereocenters. The molecule has 0 fully saturated rings. The van der Waals surface area contributed by atoms with Crippen molar-refractivity contribution in [2.45, 2.75) is 12.7 Å². The minimum atomic E-state index is -4.68. The number of aromatic nitrogens is 2. The van der Waals surface area contributed by atoms with Crippen molar-refractivity contribution >= 4 is 17.2 Å². The van der Waals surface area contributed by atoms with E-state index >= 15 is 0 Å². The molecule has 1 aromatic carbocycles. The number of rotatable bonds is 6. The van der Waals surface area contributed by atoms with Crippen LogP contribution in [-0.4, -0.2) is 22.5 Å². The van der Waals surface area contributed by atoms with Gasteiger partial charge in [-0.15, -0.1) is 11.3 Å². The molecule has 0 aliphatic rings. The molecule has 2 heterocycles. The molecule has 10 heteroatoms. The Morgan fingerprint density at radius 3 is 2.54 bits per heavy atom. The van der Waals surface area contributed by atoms with Crippen LogP contribution in [0.3, 0.4) is 0 Å². The molecule has 3 rings (SSSR count). The third-order valence-electron chi connectivity index (χ3n) is 3.50. The predicted octanol–water partition coefficient (Wildman–Crippen LogP) is 4.06. The van der Waals surface area contributed by atoms with Gasteiger partial charge in [-0.3, -0.25) is 4.79 Å². The van der Waals surface area contributed by atoms with Gasteiger partial charge >= 0.3 is 12.2 Å². The first-order chi connectivity index (χ1) is 13.3. The van der Waals surface area contributed by atoms with Gasteiger partial charge in [0.2, 0.25) is 0 Å². The van der Waals surface area contributed by atoms with Crippen LogP contribution in [0.2, 0.25) is 0 Å². The molecule has 0 bridgehead atoms. The molecule has 0 saturated heterocycles. The molecule has 146 valence electrons. The minimum Gasteiger partial charge on any atom is -0.453 e. The van der Waals surface area contributed by atoms with Gasteiger partial charge in [-0.2, -0.15) is 23.1 Å². The standard InChI is InChI=1S/C18H13F4N3O2S/c19-12-5-3-11(4-6-12)9-23-16(26)10-27-17-24-13(14-2-1-7-28-14)8-15(25-17)18(20,21)22/h1-8H,9-10H2,(H,23,26). The van der Waals surface area contributed by atoms with Crippen LogP contribution >= 0.6 is 11.3 Å². The Bertz CT molecular complexity index is 944. The summed E-state index contributed by atoms with van der Waals surface area (Å²) in [6.45, 7) is -0.446. The number of nitrogens with one attached hydrogen (secondary N) is 1. The fourth-order valence-corrected chi connectivity index (χ4v) is 2.86. The number of amides is 1. The Morgan fingerprint density at radius 1 is 1.14 bits per heavy atom. The van der Waals surface area contributed by atoms with E-state index in [2.05, 4.69) is 15.3 Å². The number of carbonyl (C=O) groups is 1. The number of nitrogens with zero attached hydrogens (tertiary/aromatic N) is 2. The lowest BCUT2D eigenvalue weighted by atomic mass is 10.2. The van der Waals surface area contributed by atoms with Crippen molar-refractivity contribution in [1.29, 1.82) is 0 Å². The van der Waals surface area contributed by atoms with E-state index in [-0.39, 0.29) is 12.2 Å². The average Bonchev–Trinajstić information content (AvgIpc) is 3.20. The van der Waals surface area contributed by atoms with E-state index in [1.807, 2.05) is 0 Å². The van der Waals surface area contributed by atoms with E-state index in [1.54, 1.807) is 17.5 Å². The number of alkyl halides is 3. The smallest absolute Gasteiger partial charge is 0.433 e. The summed E-state index contributed by atoms with van der Waals surface area (Å²) in [5.41, 5.74) is -0.447. The number of benzene rings is 1. The third kappa shape index (κ3) is 5.26. The lowest BCUT2D eigenvalue weighted by Gasteiger charge is -2.11. The summed E-state index contributed by atoms with van der Waals surface area (Å²) < 4.78 is 57.1. The molecule has 1 amide bonds. The van der Waals surface area contributed by atoms with Crippen molar-refractivity contribution in [2.24, 2.45) is 0 Å². The van der Waals surface area contributed by atoms with Crippen LogP contribution < -0.4 is 10.1 Å². The van der Waals surface area contributed by atoms with E-state index in [0.717, 1.165) is 6.07 Å². The van der Waals surface area contributed by atoms with Crippen LogP contribution in [0.25, 0.3) is 10.6 Å². The summed E-state index contributed by atoms with van der Waals surface area (Å²) in [6, 6.07) is 9.08. The second-order valence-corrected chi connectivity index (χ2v) is 6.54. The van der Waals surface area contributed by atoms with Crippen LogP contribution in [-0.2, 0) is 17.5 Å². The van der Waals surface area contributed by atoms with Gasteiger partial charge in [-0.05, 0) is 35.2 Å². The van der Waals surface area contributed by atoms with Crippen molar-refractivity contribution in [2.75, 3.05) is 6.61 Å². The molecule has 28 heavy (non-hydrogen) atoms. The zero-order chi connectivity index (χ0) is 20.1. The predicted molar refractivity (Wildman–Crippen MR) is 94.1 cm³/mol. The molecule has 0 aliphatic heterocycles. The van der Waals surface area contributed by atoms with Crippen LogP contribution in [0.5, 0.6) is 6.01 Å². The maximum atomic E-state index is 13.1. The zero-order valence-electron chi connectivity index (χ0n) is 14.2. The summed E-state index contributed by atoms with van der Waals surface area (Å²) >= 11 is 1.22. The van der Waals surface area contributed by atoms with Gasteiger partial charge in [0.05, 0.1) is 10.6 Å². The van der Waals surface area contributed by atoms with E-state index in [9.17, 15) is 22.4 Å². The Kier molecular flexibility index (Phi) is 5.88. The molecule has 0 unspecified atom stereocenters. The van der Waals surface area contributed by atoms with Crippen molar-refractivity contribution < 1.29 is 27.1 Å². The largest absolute Gasteiger partial charge is 0.453 e. The van der Waals surface area contributed by atoms with E-state index < -0.39 is 36.2 Å². The quantitative estimate of drug-likeness (QED) is 0.622. The Morgan fingerprint density at radius 2 is 1.89 bits per heavy atom. The van der Waals surface area contributed by atoms with Gasteiger partial charge < -0.3 is 10.1 Å². The molecular formula is C18H13F4N3O2S. The first kappa shape index (κ1) is 19.7. The van der Waals surface area contributed by atoms with Crippen molar-refractivity contribution in [1.82, 2.24) is 15.3 Å². The normalized spacial score (nSPS) is 11.3. The number of ether oxygens (including phenoxy) is 1. The van der Waals surface area contributed by atoms with Crippen LogP contribution in [0, 0.1) is 5.82 Å². The fraction of sp³-hybridized carbons (Fsp3) is 0.167.